The van der Waals surface area contributed by atoms with E-state index in [-0.39, 0.29) is 10.9 Å². The highest BCUT2D eigenvalue weighted by molar-refractivity contribution is 7.89. The minimum absolute atomic E-state index is 0.134. The summed E-state index contributed by atoms with van der Waals surface area (Å²) in [5, 5.41) is 4.06. The summed E-state index contributed by atoms with van der Waals surface area (Å²) in [5.41, 5.74) is 0. The van der Waals surface area contributed by atoms with Crippen LogP contribution in [0.25, 0.3) is 0 Å². The molecule has 1 saturated carbocycles. The number of halogens is 1. The second-order valence-corrected chi connectivity index (χ2v) is 7.40. The molecule has 1 heterocycles. The molecule has 1 aromatic rings. The summed E-state index contributed by atoms with van der Waals surface area (Å²) >= 11 is 5.65. The molecule has 0 aliphatic heterocycles. The van der Waals surface area contributed by atoms with Crippen LogP contribution in [0, 0.1) is 0 Å². The molecule has 7 heteroatoms. The van der Waals surface area contributed by atoms with Crippen molar-refractivity contribution in [2.75, 3.05) is 12.4 Å². The largest absolute Gasteiger partial charge is 0.270 e. The molecule has 0 N–H and O–H groups in total. The summed E-state index contributed by atoms with van der Waals surface area (Å²) in [5.74, 6) is 0.418. The van der Waals surface area contributed by atoms with Gasteiger partial charge in [-0.15, -0.1) is 11.6 Å². The molecule has 0 saturated heterocycles. The Morgan fingerprint density at radius 2 is 2.10 bits per heavy atom. The number of alkyl halides is 1. The molecule has 1 aliphatic rings. The van der Waals surface area contributed by atoms with Crippen LogP contribution in [0.4, 0.5) is 0 Å². The van der Waals surface area contributed by atoms with Crippen LogP contribution in [0.15, 0.2) is 17.3 Å². The lowest BCUT2D eigenvalue weighted by Crippen LogP contribution is -2.41. The Kier molecular flexibility index (Phi) is 5.46. The van der Waals surface area contributed by atoms with Crippen LogP contribution in [0.3, 0.4) is 0 Å². The molecule has 5 nitrogen and oxygen atoms in total. The van der Waals surface area contributed by atoms with Crippen molar-refractivity contribution in [2.24, 2.45) is 0 Å². The topological polar surface area (TPSA) is 55.2 Å². The van der Waals surface area contributed by atoms with E-state index in [1.54, 1.807) is 15.2 Å². The lowest BCUT2D eigenvalue weighted by Gasteiger charge is -2.32. The van der Waals surface area contributed by atoms with Crippen LogP contribution in [0.1, 0.15) is 39.0 Å². The summed E-state index contributed by atoms with van der Waals surface area (Å²) in [7, 11) is -3.44. The molecule has 0 atom stereocenters. The van der Waals surface area contributed by atoms with Gasteiger partial charge >= 0.3 is 0 Å². The van der Waals surface area contributed by atoms with Crippen molar-refractivity contribution in [3.05, 3.63) is 12.4 Å². The van der Waals surface area contributed by atoms with E-state index in [4.69, 9.17) is 11.6 Å². The smallest absolute Gasteiger partial charge is 0.246 e. The number of hydrogen-bond donors (Lipinski definition) is 0. The lowest BCUT2D eigenvalue weighted by atomic mass is 9.95. The zero-order valence-electron chi connectivity index (χ0n) is 11.8. The molecule has 0 amide bonds. The van der Waals surface area contributed by atoms with Gasteiger partial charge in [0.25, 0.3) is 0 Å². The quantitative estimate of drug-likeness (QED) is 0.757. The standard InChI is InChI=1S/C13H22ClN3O2S/c1-2-17(12-6-4-3-5-7-12)20(18,19)13-10-15-16(11-13)9-8-14/h10-12H,2-9H2,1H3. The van der Waals surface area contributed by atoms with Gasteiger partial charge in [0.15, 0.2) is 0 Å². The average molecular weight is 320 g/mol. The normalized spacial score (nSPS) is 17.8. The van der Waals surface area contributed by atoms with Gasteiger partial charge < -0.3 is 0 Å². The molecular weight excluding hydrogens is 298 g/mol. The van der Waals surface area contributed by atoms with Crippen molar-refractivity contribution in [1.82, 2.24) is 14.1 Å². The maximum absolute atomic E-state index is 12.7. The molecule has 2 rings (SSSR count). The molecule has 1 aromatic heterocycles. The van der Waals surface area contributed by atoms with Crippen LogP contribution in [-0.4, -0.2) is 41.0 Å². The summed E-state index contributed by atoms with van der Waals surface area (Å²) in [6, 6.07) is 0.134. The van der Waals surface area contributed by atoms with E-state index in [1.165, 1.54) is 12.6 Å². The van der Waals surface area contributed by atoms with Crippen LogP contribution >= 0.6 is 11.6 Å². The van der Waals surface area contributed by atoms with Gasteiger partial charge in [0.2, 0.25) is 10.0 Å². The molecule has 0 bridgehead atoms. The Hall–Kier alpha value is -0.590. The second-order valence-electron chi connectivity index (χ2n) is 5.13. The highest BCUT2D eigenvalue weighted by Crippen LogP contribution is 2.27. The summed E-state index contributed by atoms with van der Waals surface area (Å²) < 4.78 is 28.7. The minimum atomic E-state index is -3.44. The molecule has 0 aromatic carbocycles. The average Bonchev–Trinajstić information content (AvgIpc) is 2.90. The zero-order valence-corrected chi connectivity index (χ0v) is 13.4. The molecule has 114 valence electrons. The van der Waals surface area contributed by atoms with Gasteiger partial charge in [-0.3, -0.25) is 4.68 Å². The highest BCUT2D eigenvalue weighted by atomic mass is 35.5. The van der Waals surface area contributed by atoms with Gasteiger partial charge in [-0.1, -0.05) is 26.2 Å². The van der Waals surface area contributed by atoms with Gasteiger partial charge in [0.05, 0.1) is 12.7 Å². The van der Waals surface area contributed by atoms with Crippen molar-refractivity contribution in [2.45, 2.75) is 56.5 Å². The third-order valence-electron chi connectivity index (χ3n) is 3.82. The number of hydrogen-bond acceptors (Lipinski definition) is 3. The molecule has 0 radical (unpaired) electrons. The fourth-order valence-corrected chi connectivity index (χ4v) is 4.64. The van der Waals surface area contributed by atoms with Gasteiger partial charge in [-0.05, 0) is 12.8 Å². The first-order valence-corrected chi connectivity index (χ1v) is 9.17. The van der Waals surface area contributed by atoms with Crippen LogP contribution in [0.2, 0.25) is 0 Å². The van der Waals surface area contributed by atoms with E-state index in [0.29, 0.717) is 19.0 Å². The van der Waals surface area contributed by atoms with Gasteiger partial charge in [-0.25, -0.2) is 8.42 Å². The Balaban J connectivity index is 2.21. The first-order chi connectivity index (χ1) is 9.59. The fourth-order valence-electron chi connectivity index (χ4n) is 2.82. The van der Waals surface area contributed by atoms with Crippen molar-refractivity contribution in [3.8, 4) is 0 Å². The highest BCUT2D eigenvalue weighted by Gasteiger charge is 2.31. The van der Waals surface area contributed by atoms with E-state index in [1.807, 2.05) is 6.92 Å². The molecule has 20 heavy (non-hydrogen) atoms. The molecular formula is C13H22ClN3O2S. The molecule has 1 fully saturated rings. The fraction of sp³-hybridized carbons (Fsp3) is 0.769. The number of nitrogens with zero attached hydrogens (tertiary/aromatic N) is 3. The maximum atomic E-state index is 12.7. The van der Waals surface area contributed by atoms with Crippen molar-refractivity contribution in [3.63, 3.8) is 0 Å². The van der Waals surface area contributed by atoms with E-state index >= 15 is 0 Å². The minimum Gasteiger partial charge on any atom is -0.270 e. The van der Waals surface area contributed by atoms with E-state index in [9.17, 15) is 8.42 Å². The van der Waals surface area contributed by atoms with E-state index < -0.39 is 10.0 Å². The Labute approximate surface area is 126 Å². The van der Waals surface area contributed by atoms with Crippen molar-refractivity contribution < 1.29 is 8.42 Å². The lowest BCUT2D eigenvalue weighted by molar-refractivity contribution is 0.261. The monoisotopic (exact) mass is 319 g/mol. The van der Waals surface area contributed by atoms with Gasteiger partial charge in [-0.2, -0.15) is 9.40 Å². The Bertz CT molecular complexity index is 523. The Morgan fingerprint density at radius 3 is 2.70 bits per heavy atom. The molecule has 0 unspecified atom stereocenters. The number of sulfonamides is 1. The van der Waals surface area contributed by atoms with E-state index in [0.717, 1.165) is 25.7 Å². The first-order valence-electron chi connectivity index (χ1n) is 7.20. The van der Waals surface area contributed by atoms with Crippen LogP contribution in [-0.2, 0) is 16.6 Å². The molecule has 1 aliphatic carbocycles. The van der Waals surface area contributed by atoms with Gasteiger partial charge in [0.1, 0.15) is 4.90 Å². The number of aryl methyl sites for hydroxylation is 1. The number of rotatable bonds is 6. The van der Waals surface area contributed by atoms with Crippen molar-refractivity contribution in [1.29, 1.82) is 0 Å². The van der Waals surface area contributed by atoms with Gasteiger partial charge in [0, 0.05) is 24.7 Å². The molecule has 0 spiro atoms. The number of aromatic nitrogens is 2. The summed E-state index contributed by atoms with van der Waals surface area (Å²) in [6.45, 7) is 2.93. The Morgan fingerprint density at radius 1 is 1.40 bits per heavy atom. The summed E-state index contributed by atoms with van der Waals surface area (Å²) in [4.78, 5) is 0.273. The maximum Gasteiger partial charge on any atom is 0.246 e. The van der Waals surface area contributed by atoms with Crippen LogP contribution < -0.4 is 0 Å². The predicted octanol–water partition coefficient (Wildman–Crippen LogP) is 2.47. The van der Waals surface area contributed by atoms with E-state index in [2.05, 4.69) is 5.10 Å². The third kappa shape index (κ3) is 3.35. The summed E-state index contributed by atoms with van der Waals surface area (Å²) in [6.07, 6.45) is 8.36. The third-order valence-corrected chi connectivity index (χ3v) is 5.97. The SMILES string of the molecule is CCN(C1CCCCC1)S(=O)(=O)c1cnn(CCCl)c1. The zero-order chi connectivity index (χ0) is 14.6. The first kappa shape index (κ1) is 15.8. The van der Waals surface area contributed by atoms with Crippen LogP contribution in [0.5, 0.6) is 0 Å². The predicted molar refractivity (Wildman–Crippen MR) is 79.4 cm³/mol. The second kappa shape index (κ2) is 6.91. The van der Waals surface area contributed by atoms with Crippen molar-refractivity contribution >= 4 is 21.6 Å².